The lowest BCUT2D eigenvalue weighted by atomic mass is 10.0. The second kappa shape index (κ2) is 17.5. The molecule has 0 aromatic rings. The average Bonchev–Trinajstić information content (AvgIpc) is 3.10. The van der Waals surface area contributed by atoms with Crippen LogP contribution in [0.1, 0.15) is 130 Å². The van der Waals surface area contributed by atoms with E-state index in [0.717, 1.165) is 19.3 Å². The average molecular weight is 497 g/mol. The van der Waals surface area contributed by atoms with Gasteiger partial charge >= 0.3 is 5.97 Å². The number of hydrogen-bond acceptors (Lipinski definition) is 6. The van der Waals surface area contributed by atoms with Gasteiger partial charge in [-0.3, -0.25) is 14.4 Å². The minimum absolute atomic E-state index is 0.0338. The number of ether oxygens (including phenoxy) is 1. The summed E-state index contributed by atoms with van der Waals surface area (Å²) in [6.07, 6.45) is 14.3. The predicted octanol–water partition coefficient (Wildman–Crippen LogP) is 5.37. The van der Waals surface area contributed by atoms with E-state index in [9.17, 15) is 19.2 Å². The topological polar surface area (TPSA) is 102 Å². The van der Waals surface area contributed by atoms with Gasteiger partial charge in [0.25, 0.3) is 11.8 Å². The zero-order valence-corrected chi connectivity index (χ0v) is 22.5. The van der Waals surface area contributed by atoms with Crippen LogP contribution >= 0.6 is 0 Å². The number of nitrogens with zero attached hydrogens (tertiary/aromatic N) is 1. The minimum atomic E-state index is -0.672. The van der Waals surface area contributed by atoms with Crippen molar-refractivity contribution in [2.45, 2.75) is 142 Å². The maximum Gasteiger partial charge on any atom is 0.333 e. The van der Waals surface area contributed by atoms with E-state index in [2.05, 4.69) is 12.2 Å². The van der Waals surface area contributed by atoms with Crippen LogP contribution in [-0.2, 0) is 28.8 Å². The van der Waals surface area contributed by atoms with E-state index in [1.165, 1.54) is 51.4 Å². The van der Waals surface area contributed by atoms with Gasteiger partial charge in [-0.15, -0.1) is 5.06 Å². The van der Waals surface area contributed by atoms with E-state index in [0.29, 0.717) is 17.9 Å². The summed E-state index contributed by atoms with van der Waals surface area (Å²) >= 11 is 0. The summed E-state index contributed by atoms with van der Waals surface area (Å²) in [6, 6.07) is -0.355. The highest BCUT2D eigenvalue weighted by Gasteiger charge is 2.33. The van der Waals surface area contributed by atoms with Crippen LogP contribution in [-0.4, -0.2) is 47.0 Å². The van der Waals surface area contributed by atoms with Gasteiger partial charge in [0, 0.05) is 19.3 Å². The normalized spacial score (nSPS) is 14.9. The summed E-state index contributed by atoms with van der Waals surface area (Å²) in [5, 5.41) is 3.52. The van der Waals surface area contributed by atoms with Crippen LogP contribution in [0, 0.1) is 0 Å². The molecule has 1 heterocycles. The molecular formula is C27H48N2O6. The van der Waals surface area contributed by atoms with Gasteiger partial charge in [-0.05, 0) is 33.6 Å². The summed E-state index contributed by atoms with van der Waals surface area (Å²) in [5.41, 5.74) is -0.381. The molecule has 1 rings (SSSR count). The maximum absolute atomic E-state index is 12.5. The number of carbonyl (C=O) groups is 4. The Morgan fingerprint density at radius 2 is 1.37 bits per heavy atom. The molecule has 0 aromatic carbocycles. The third-order valence-corrected chi connectivity index (χ3v) is 5.99. The fourth-order valence-electron chi connectivity index (χ4n) is 3.89. The first-order valence-electron chi connectivity index (χ1n) is 13.6. The number of imide groups is 1. The number of rotatable bonds is 19. The van der Waals surface area contributed by atoms with Gasteiger partial charge in [-0.2, -0.15) is 0 Å². The molecule has 1 aliphatic rings. The van der Waals surface area contributed by atoms with Gasteiger partial charge in [0.15, 0.2) is 0 Å². The summed E-state index contributed by atoms with van der Waals surface area (Å²) in [4.78, 5) is 52.8. The van der Waals surface area contributed by atoms with Crippen LogP contribution in [0.4, 0.5) is 0 Å². The smallest absolute Gasteiger partial charge is 0.333 e. The van der Waals surface area contributed by atoms with E-state index in [4.69, 9.17) is 9.57 Å². The summed E-state index contributed by atoms with van der Waals surface area (Å²) < 4.78 is 5.82. The molecule has 0 radical (unpaired) electrons. The maximum atomic E-state index is 12.5. The molecule has 8 heteroatoms. The van der Waals surface area contributed by atoms with Crippen LogP contribution in [0.15, 0.2) is 0 Å². The molecule has 1 aliphatic heterocycles. The molecule has 1 saturated heterocycles. The van der Waals surface area contributed by atoms with E-state index in [1.54, 1.807) is 0 Å². The Labute approximate surface area is 211 Å². The van der Waals surface area contributed by atoms with Crippen LogP contribution in [0.5, 0.6) is 0 Å². The lowest BCUT2D eigenvalue weighted by Gasteiger charge is -2.25. The predicted molar refractivity (Wildman–Crippen MR) is 135 cm³/mol. The molecule has 0 aromatic heterocycles. The van der Waals surface area contributed by atoms with E-state index < -0.39 is 17.8 Å². The van der Waals surface area contributed by atoms with Crippen molar-refractivity contribution < 1.29 is 28.8 Å². The number of nitrogens with one attached hydrogen (secondary N) is 1. The first kappa shape index (κ1) is 31.1. The molecule has 0 bridgehead atoms. The minimum Gasteiger partial charge on any atom is -0.374 e. The fraction of sp³-hybridized carbons (Fsp3) is 0.852. The molecule has 0 spiro atoms. The van der Waals surface area contributed by atoms with Crippen molar-refractivity contribution in [3.05, 3.63) is 0 Å². The lowest BCUT2D eigenvalue weighted by Crippen LogP contribution is -2.41. The molecule has 3 amide bonds. The number of hydroxylamine groups is 2. The van der Waals surface area contributed by atoms with Crippen LogP contribution < -0.4 is 5.32 Å². The molecule has 8 nitrogen and oxygen atoms in total. The molecule has 202 valence electrons. The van der Waals surface area contributed by atoms with Crippen molar-refractivity contribution in [2.24, 2.45) is 0 Å². The monoisotopic (exact) mass is 496 g/mol. The molecule has 1 atom stereocenters. The number of amides is 3. The number of carbonyl (C=O) groups excluding carboxylic acids is 4. The zero-order valence-electron chi connectivity index (χ0n) is 22.5. The van der Waals surface area contributed by atoms with Crippen molar-refractivity contribution in [3.63, 3.8) is 0 Å². The van der Waals surface area contributed by atoms with E-state index in [1.807, 2.05) is 20.8 Å². The largest absolute Gasteiger partial charge is 0.374 e. The van der Waals surface area contributed by atoms with Gasteiger partial charge in [0.1, 0.15) is 0 Å². The van der Waals surface area contributed by atoms with Crippen LogP contribution in [0.3, 0.4) is 0 Å². The zero-order chi connectivity index (χ0) is 26.1. The third kappa shape index (κ3) is 15.6. The van der Waals surface area contributed by atoms with Gasteiger partial charge in [-0.25, -0.2) is 4.79 Å². The van der Waals surface area contributed by atoms with Gasteiger partial charge < -0.3 is 14.9 Å². The summed E-state index contributed by atoms with van der Waals surface area (Å²) in [7, 11) is 0. The molecular weight excluding hydrogens is 448 g/mol. The second-order valence-corrected chi connectivity index (χ2v) is 10.6. The standard InChI is InChI=1S/C27H48N2O6/c1-5-6-7-8-9-10-11-12-13-14-15-16-23(30)28-22(21-34-27(2,3)4)17-20-26(33)35-29-24(31)18-19-25(29)32/h22H,5-21H2,1-4H3,(H,28,30)/t22-/m0/s1. The highest BCUT2D eigenvalue weighted by molar-refractivity contribution is 6.01. The lowest BCUT2D eigenvalue weighted by molar-refractivity contribution is -0.197. The van der Waals surface area contributed by atoms with Gasteiger partial charge in [0.2, 0.25) is 5.91 Å². The fourth-order valence-corrected chi connectivity index (χ4v) is 3.89. The Kier molecular flexibility index (Phi) is 15.5. The molecule has 0 unspecified atom stereocenters. The van der Waals surface area contributed by atoms with Crippen molar-refractivity contribution in [1.82, 2.24) is 10.4 Å². The molecule has 0 aliphatic carbocycles. The molecule has 1 fully saturated rings. The van der Waals surface area contributed by atoms with Gasteiger partial charge in [-0.1, -0.05) is 71.1 Å². The quantitative estimate of drug-likeness (QED) is 0.190. The Morgan fingerprint density at radius 1 is 0.857 bits per heavy atom. The SMILES string of the molecule is CCCCCCCCCCCCCC(=O)N[C@@H](CCC(=O)ON1C(=O)CCC1=O)COC(C)(C)C. The van der Waals surface area contributed by atoms with Crippen molar-refractivity contribution in [3.8, 4) is 0 Å². The van der Waals surface area contributed by atoms with Gasteiger partial charge in [0.05, 0.1) is 24.7 Å². The first-order chi connectivity index (χ1) is 16.6. The highest BCUT2D eigenvalue weighted by Crippen LogP contribution is 2.15. The van der Waals surface area contributed by atoms with Crippen molar-refractivity contribution in [2.75, 3.05) is 6.61 Å². The van der Waals surface area contributed by atoms with Crippen LogP contribution in [0.25, 0.3) is 0 Å². The van der Waals surface area contributed by atoms with Crippen LogP contribution in [0.2, 0.25) is 0 Å². The van der Waals surface area contributed by atoms with Crippen molar-refractivity contribution >= 4 is 23.7 Å². The molecule has 0 saturated carbocycles. The Morgan fingerprint density at radius 3 is 1.89 bits per heavy atom. The summed E-state index contributed by atoms with van der Waals surface area (Å²) in [5.74, 6) is -1.73. The molecule has 35 heavy (non-hydrogen) atoms. The van der Waals surface area contributed by atoms with E-state index in [-0.39, 0.29) is 43.4 Å². The second-order valence-electron chi connectivity index (χ2n) is 10.6. The molecule has 1 N–H and O–H groups in total. The summed E-state index contributed by atoms with van der Waals surface area (Å²) in [6.45, 7) is 8.28. The number of unbranched alkanes of at least 4 members (excludes halogenated alkanes) is 10. The Hall–Kier alpha value is -1.96. The Bertz CT molecular complexity index is 643. The highest BCUT2D eigenvalue weighted by atomic mass is 16.7. The van der Waals surface area contributed by atoms with E-state index >= 15 is 0 Å². The Balaban J connectivity index is 2.28. The first-order valence-corrected chi connectivity index (χ1v) is 13.6. The third-order valence-electron chi connectivity index (χ3n) is 5.99. The van der Waals surface area contributed by atoms with Crippen molar-refractivity contribution in [1.29, 1.82) is 0 Å². The number of hydrogen-bond donors (Lipinski definition) is 1.